The lowest BCUT2D eigenvalue weighted by atomic mass is 10.2. The Kier molecular flexibility index (Phi) is 3.56. The summed E-state index contributed by atoms with van der Waals surface area (Å²) in [7, 11) is 0. The highest BCUT2D eigenvalue weighted by molar-refractivity contribution is 7.10. The van der Waals surface area contributed by atoms with E-state index in [0.717, 1.165) is 26.2 Å². The van der Waals surface area contributed by atoms with Gasteiger partial charge in [-0.1, -0.05) is 0 Å². The van der Waals surface area contributed by atoms with E-state index in [1.165, 1.54) is 16.9 Å². The van der Waals surface area contributed by atoms with Gasteiger partial charge < -0.3 is 10.1 Å². The Labute approximate surface area is 89.3 Å². The van der Waals surface area contributed by atoms with Crippen LogP contribution in [0.15, 0.2) is 11.4 Å². The van der Waals surface area contributed by atoms with Crippen molar-refractivity contribution in [3.63, 3.8) is 0 Å². The SMILES string of the molecule is Cc1ccsc1CCNC1CCOC1. The van der Waals surface area contributed by atoms with Gasteiger partial charge in [0.2, 0.25) is 0 Å². The maximum Gasteiger partial charge on any atom is 0.0620 e. The zero-order chi connectivity index (χ0) is 9.80. The Hall–Kier alpha value is -0.380. The molecule has 1 unspecified atom stereocenters. The molecule has 1 aliphatic heterocycles. The van der Waals surface area contributed by atoms with E-state index in [1.807, 2.05) is 11.3 Å². The molecule has 1 aliphatic rings. The number of hydrogen-bond acceptors (Lipinski definition) is 3. The number of nitrogens with one attached hydrogen (secondary N) is 1. The molecule has 1 saturated heterocycles. The van der Waals surface area contributed by atoms with Crippen LogP contribution in [-0.4, -0.2) is 25.8 Å². The highest BCUT2D eigenvalue weighted by Crippen LogP contribution is 2.15. The van der Waals surface area contributed by atoms with Crippen LogP contribution in [0.4, 0.5) is 0 Å². The summed E-state index contributed by atoms with van der Waals surface area (Å²) < 4.78 is 5.31. The minimum atomic E-state index is 0.593. The van der Waals surface area contributed by atoms with Crippen molar-refractivity contribution in [2.45, 2.75) is 25.8 Å². The van der Waals surface area contributed by atoms with Crippen LogP contribution in [0.5, 0.6) is 0 Å². The maximum atomic E-state index is 5.31. The van der Waals surface area contributed by atoms with Crippen molar-refractivity contribution in [2.75, 3.05) is 19.8 Å². The first-order chi connectivity index (χ1) is 6.86. The molecule has 0 bridgehead atoms. The van der Waals surface area contributed by atoms with Crippen LogP contribution in [0.2, 0.25) is 0 Å². The van der Waals surface area contributed by atoms with Crippen LogP contribution in [0.1, 0.15) is 16.9 Å². The van der Waals surface area contributed by atoms with Gasteiger partial charge in [0.15, 0.2) is 0 Å². The van der Waals surface area contributed by atoms with E-state index in [0.29, 0.717) is 6.04 Å². The van der Waals surface area contributed by atoms with Crippen molar-refractivity contribution < 1.29 is 4.74 Å². The first kappa shape index (κ1) is 10.1. The van der Waals surface area contributed by atoms with E-state index in [-0.39, 0.29) is 0 Å². The third-order valence-corrected chi connectivity index (χ3v) is 3.77. The molecule has 1 atom stereocenters. The van der Waals surface area contributed by atoms with E-state index in [2.05, 4.69) is 23.7 Å². The molecule has 78 valence electrons. The number of ether oxygens (including phenoxy) is 1. The predicted molar refractivity (Wildman–Crippen MR) is 60.0 cm³/mol. The molecule has 0 aliphatic carbocycles. The third kappa shape index (κ3) is 2.56. The van der Waals surface area contributed by atoms with Crippen molar-refractivity contribution in [3.8, 4) is 0 Å². The summed E-state index contributed by atoms with van der Waals surface area (Å²) in [6.45, 7) is 5.08. The summed E-state index contributed by atoms with van der Waals surface area (Å²) in [5.41, 5.74) is 1.43. The quantitative estimate of drug-likeness (QED) is 0.822. The van der Waals surface area contributed by atoms with Crippen LogP contribution in [0.3, 0.4) is 0 Å². The molecular weight excluding hydrogens is 194 g/mol. The largest absolute Gasteiger partial charge is 0.380 e. The van der Waals surface area contributed by atoms with E-state index in [1.54, 1.807) is 0 Å². The zero-order valence-electron chi connectivity index (χ0n) is 8.58. The van der Waals surface area contributed by atoms with Gasteiger partial charge in [0.05, 0.1) is 6.61 Å². The van der Waals surface area contributed by atoms with Gasteiger partial charge in [-0.2, -0.15) is 0 Å². The van der Waals surface area contributed by atoms with Gasteiger partial charge in [-0.05, 0) is 36.8 Å². The molecule has 1 N–H and O–H groups in total. The summed E-state index contributed by atoms with van der Waals surface area (Å²) in [4.78, 5) is 1.51. The van der Waals surface area contributed by atoms with Gasteiger partial charge >= 0.3 is 0 Å². The maximum absolute atomic E-state index is 5.31. The number of rotatable bonds is 4. The molecule has 2 nitrogen and oxygen atoms in total. The Morgan fingerprint density at radius 2 is 2.57 bits per heavy atom. The normalized spacial score (nSPS) is 21.6. The van der Waals surface area contributed by atoms with E-state index in [9.17, 15) is 0 Å². The molecule has 1 fully saturated rings. The summed E-state index contributed by atoms with van der Waals surface area (Å²) in [5.74, 6) is 0. The fourth-order valence-corrected chi connectivity index (χ4v) is 2.66. The molecule has 1 aromatic rings. The summed E-state index contributed by atoms with van der Waals surface area (Å²) in [5, 5.41) is 5.70. The molecular formula is C11H17NOS. The standard InChI is InChI=1S/C11H17NOS/c1-9-4-7-14-11(9)2-5-12-10-3-6-13-8-10/h4,7,10,12H,2-3,5-6,8H2,1H3. The van der Waals surface area contributed by atoms with Gasteiger partial charge in [0.25, 0.3) is 0 Å². The average molecular weight is 211 g/mol. The molecule has 0 spiro atoms. The van der Waals surface area contributed by atoms with Crippen LogP contribution < -0.4 is 5.32 Å². The van der Waals surface area contributed by atoms with Crippen molar-refractivity contribution in [1.29, 1.82) is 0 Å². The Morgan fingerprint density at radius 3 is 3.21 bits per heavy atom. The highest BCUT2D eigenvalue weighted by atomic mass is 32.1. The first-order valence-electron chi connectivity index (χ1n) is 5.20. The van der Waals surface area contributed by atoms with E-state index < -0.39 is 0 Å². The fourth-order valence-electron chi connectivity index (χ4n) is 1.75. The Bertz CT molecular complexity index is 279. The van der Waals surface area contributed by atoms with Gasteiger partial charge in [-0.3, -0.25) is 0 Å². The van der Waals surface area contributed by atoms with E-state index in [4.69, 9.17) is 4.74 Å². The lowest BCUT2D eigenvalue weighted by Gasteiger charge is -2.09. The lowest BCUT2D eigenvalue weighted by molar-refractivity contribution is 0.190. The Balaban J connectivity index is 1.70. The summed E-state index contributed by atoms with van der Waals surface area (Å²) in [6, 6.07) is 2.79. The van der Waals surface area contributed by atoms with E-state index >= 15 is 0 Å². The fraction of sp³-hybridized carbons (Fsp3) is 0.636. The highest BCUT2D eigenvalue weighted by Gasteiger charge is 2.14. The van der Waals surface area contributed by atoms with Gasteiger partial charge in [0.1, 0.15) is 0 Å². The summed E-state index contributed by atoms with van der Waals surface area (Å²) in [6.07, 6.45) is 2.32. The molecule has 2 rings (SSSR count). The molecule has 14 heavy (non-hydrogen) atoms. The minimum absolute atomic E-state index is 0.593. The molecule has 3 heteroatoms. The van der Waals surface area contributed by atoms with Crippen molar-refractivity contribution in [1.82, 2.24) is 5.32 Å². The van der Waals surface area contributed by atoms with Crippen LogP contribution in [0.25, 0.3) is 0 Å². The molecule has 0 aromatic carbocycles. The van der Waals surface area contributed by atoms with Crippen LogP contribution in [-0.2, 0) is 11.2 Å². The molecule has 2 heterocycles. The monoisotopic (exact) mass is 211 g/mol. The van der Waals surface area contributed by atoms with Crippen molar-refractivity contribution in [3.05, 3.63) is 21.9 Å². The first-order valence-corrected chi connectivity index (χ1v) is 6.08. The smallest absolute Gasteiger partial charge is 0.0620 e. The molecule has 0 radical (unpaired) electrons. The van der Waals surface area contributed by atoms with Crippen molar-refractivity contribution in [2.24, 2.45) is 0 Å². The molecule has 0 amide bonds. The number of hydrogen-bond donors (Lipinski definition) is 1. The third-order valence-electron chi connectivity index (χ3n) is 2.68. The van der Waals surface area contributed by atoms with Crippen LogP contribution >= 0.6 is 11.3 Å². The Morgan fingerprint density at radius 1 is 1.64 bits per heavy atom. The zero-order valence-corrected chi connectivity index (χ0v) is 9.40. The van der Waals surface area contributed by atoms with Gasteiger partial charge in [-0.15, -0.1) is 11.3 Å². The second kappa shape index (κ2) is 4.91. The lowest BCUT2D eigenvalue weighted by Crippen LogP contribution is -2.30. The second-order valence-electron chi connectivity index (χ2n) is 3.79. The second-order valence-corrected chi connectivity index (χ2v) is 4.79. The minimum Gasteiger partial charge on any atom is -0.380 e. The topological polar surface area (TPSA) is 21.3 Å². The van der Waals surface area contributed by atoms with Crippen molar-refractivity contribution >= 4 is 11.3 Å². The number of thiophene rings is 1. The number of aryl methyl sites for hydroxylation is 1. The van der Waals surface area contributed by atoms with Gasteiger partial charge in [-0.25, -0.2) is 0 Å². The molecule has 1 aromatic heterocycles. The molecule has 0 saturated carbocycles. The summed E-state index contributed by atoms with van der Waals surface area (Å²) >= 11 is 1.86. The average Bonchev–Trinajstić information content (AvgIpc) is 2.78. The van der Waals surface area contributed by atoms with Gasteiger partial charge in [0, 0.05) is 24.1 Å². The predicted octanol–water partition coefficient (Wildman–Crippen LogP) is 1.98. The van der Waals surface area contributed by atoms with Crippen LogP contribution in [0, 0.1) is 6.92 Å².